The molecular weight excluding hydrogens is 732 g/mol. The van der Waals surface area contributed by atoms with Gasteiger partial charge >= 0.3 is 7.82 Å². The van der Waals surface area contributed by atoms with Crippen molar-refractivity contribution in [3.8, 4) is 0 Å². The van der Waals surface area contributed by atoms with Gasteiger partial charge in [-0.15, -0.1) is 0 Å². The Kier molecular flexibility index (Phi) is 37.6. The first kappa shape index (κ1) is 54.7. The molecule has 0 aromatic heterocycles. The van der Waals surface area contributed by atoms with Gasteiger partial charge in [-0.1, -0.05) is 170 Å². The van der Waals surface area contributed by atoms with Gasteiger partial charge in [-0.25, -0.2) is 4.57 Å². The number of nitrogens with zero attached hydrogens (tertiary/aromatic N) is 1. The van der Waals surface area contributed by atoms with Gasteiger partial charge in [0.2, 0.25) is 5.91 Å². The number of quaternary nitrogens is 1. The van der Waals surface area contributed by atoms with Crippen LogP contribution in [-0.4, -0.2) is 73.4 Å². The van der Waals surface area contributed by atoms with Crippen LogP contribution in [0.15, 0.2) is 85.1 Å². The molecule has 3 N–H and O–H groups in total. The number of amides is 1. The Bertz CT molecular complexity index is 1200. The van der Waals surface area contributed by atoms with E-state index in [-0.39, 0.29) is 19.1 Å². The number of likely N-dealkylation sites (N-methyl/N-ethyl adjacent to an activating group) is 1. The summed E-state index contributed by atoms with van der Waals surface area (Å²) in [5.41, 5.74) is 0. The third-order valence-electron chi connectivity index (χ3n) is 9.41. The molecule has 9 heteroatoms. The highest BCUT2D eigenvalue weighted by Gasteiger charge is 2.28. The molecule has 0 saturated heterocycles. The Morgan fingerprint density at radius 1 is 0.614 bits per heavy atom. The van der Waals surface area contributed by atoms with E-state index < -0.39 is 20.0 Å². The maximum absolute atomic E-state index is 12.7. The Hall–Kier alpha value is -2.32. The standard InChI is InChI=1S/C48H85N2O6P/c1-6-8-10-12-13-14-15-16-17-18-19-20-21-22-23-24-25-26-27-28-29-30-31-32-33-34-35-36-37-38-40-42-48(52)49-46(47(51)41-39-11-9-7-2)45-56-57(53,54)55-44-43-50(3,4)5/h8,10,13-14,16-17,19-20,22-23,25-26,28-29,46-47,51H,6-7,9,11-12,15,18,21,24,27,30-45H2,1-5H3,(H-,49,52,53,54)/p+1/b10-8-,14-13-,17-16-,20-19-,23-22-,26-25-,29-28-. The van der Waals surface area contributed by atoms with Crippen LogP contribution in [-0.2, 0) is 18.4 Å². The van der Waals surface area contributed by atoms with Gasteiger partial charge in [-0.05, 0) is 70.6 Å². The predicted octanol–water partition coefficient (Wildman–Crippen LogP) is 12.6. The lowest BCUT2D eigenvalue weighted by atomic mass is 10.0. The lowest BCUT2D eigenvalue weighted by molar-refractivity contribution is -0.870. The summed E-state index contributed by atoms with van der Waals surface area (Å²) in [4.78, 5) is 22.9. The van der Waals surface area contributed by atoms with E-state index in [1.807, 2.05) is 21.1 Å². The van der Waals surface area contributed by atoms with E-state index in [0.29, 0.717) is 23.9 Å². The van der Waals surface area contributed by atoms with Crippen LogP contribution in [0.25, 0.3) is 0 Å². The van der Waals surface area contributed by atoms with Gasteiger partial charge < -0.3 is 19.8 Å². The Balaban J connectivity index is 3.97. The predicted molar refractivity (Wildman–Crippen MR) is 244 cm³/mol. The van der Waals surface area contributed by atoms with Gasteiger partial charge in [0.1, 0.15) is 13.2 Å². The number of carbonyl (C=O) groups is 1. The highest BCUT2D eigenvalue weighted by molar-refractivity contribution is 7.47. The minimum atomic E-state index is -4.30. The summed E-state index contributed by atoms with van der Waals surface area (Å²) in [6, 6.07) is -0.764. The molecule has 0 radical (unpaired) electrons. The first-order valence-corrected chi connectivity index (χ1v) is 23.9. The second-order valence-electron chi connectivity index (χ2n) is 16.0. The minimum Gasteiger partial charge on any atom is -0.391 e. The molecule has 0 bridgehead atoms. The third-order valence-corrected chi connectivity index (χ3v) is 10.4. The van der Waals surface area contributed by atoms with E-state index in [0.717, 1.165) is 96.3 Å². The molecule has 0 aromatic rings. The molecule has 0 fully saturated rings. The van der Waals surface area contributed by atoms with Crippen LogP contribution < -0.4 is 5.32 Å². The molecule has 57 heavy (non-hydrogen) atoms. The number of unbranched alkanes of at least 4 members (excludes halogenated alkanes) is 12. The second-order valence-corrected chi connectivity index (χ2v) is 17.5. The highest BCUT2D eigenvalue weighted by atomic mass is 31.2. The summed E-state index contributed by atoms with van der Waals surface area (Å²) in [5.74, 6) is -0.165. The number of phosphoric ester groups is 1. The lowest BCUT2D eigenvalue weighted by Gasteiger charge is -2.26. The first-order valence-electron chi connectivity index (χ1n) is 22.5. The van der Waals surface area contributed by atoms with E-state index in [1.165, 1.54) is 38.5 Å². The molecule has 0 aliphatic heterocycles. The molecule has 0 aliphatic rings. The van der Waals surface area contributed by atoms with Crippen LogP contribution in [0.5, 0.6) is 0 Å². The van der Waals surface area contributed by atoms with Crippen LogP contribution in [0.4, 0.5) is 0 Å². The van der Waals surface area contributed by atoms with E-state index >= 15 is 0 Å². The van der Waals surface area contributed by atoms with E-state index in [2.05, 4.69) is 104 Å². The summed E-state index contributed by atoms with van der Waals surface area (Å²) < 4.78 is 23.3. The number of hydrogen-bond acceptors (Lipinski definition) is 5. The van der Waals surface area contributed by atoms with Gasteiger partial charge in [0, 0.05) is 6.42 Å². The van der Waals surface area contributed by atoms with Gasteiger partial charge in [0.25, 0.3) is 0 Å². The van der Waals surface area contributed by atoms with Crippen molar-refractivity contribution in [2.24, 2.45) is 0 Å². The molecule has 0 aromatic carbocycles. The Morgan fingerprint density at radius 3 is 1.53 bits per heavy atom. The molecule has 3 unspecified atom stereocenters. The Morgan fingerprint density at radius 2 is 1.05 bits per heavy atom. The molecular formula is C48H86N2O6P+. The zero-order valence-electron chi connectivity index (χ0n) is 37.0. The zero-order valence-corrected chi connectivity index (χ0v) is 37.9. The maximum atomic E-state index is 12.7. The fraction of sp³-hybridized carbons (Fsp3) is 0.688. The number of rotatable bonds is 39. The van der Waals surface area contributed by atoms with Crippen LogP contribution in [0.2, 0.25) is 0 Å². The topological polar surface area (TPSA) is 105 Å². The molecule has 328 valence electrons. The molecule has 0 heterocycles. The van der Waals surface area contributed by atoms with Crippen LogP contribution >= 0.6 is 7.82 Å². The van der Waals surface area contributed by atoms with Crippen molar-refractivity contribution < 1.29 is 32.9 Å². The summed E-state index contributed by atoms with van der Waals surface area (Å²) >= 11 is 0. The zero-order chi connectivity index (χ0) is 42.1. The number of nitrogens with one attached hydrogen (secondary N) is 1. The first-order chi connectivity index (χ1) is 27.5. The molecule has 0 aliphatic carbocycles. The molecule has 1 amide bonds. The number of allylic oxidation sites excluding steroid dienone is 14. The maximum Gasteiger partial charge on any atom is 0.472 e. The van der Waals surface area contributed by atoms with Crippen molar-refractivity contribution in [2.45, 2.75) is 174 Å². The van der Waals surface area contributed by atoms with Gasteiger partial charge in [0.05, 0.1) is 39.9 Å². The fourth-order valence-corrected chi connectivity index (χ4v) is 6.58. The monoisotopic (exact) mass is 818 g/mol. The quantitative estimate of drug-likeness (QED) is 0.0247. The second kappa shape index (κ2) is 39.2. The van der Waals surface area contributed by atoms with Crippen molar-refractivity contribution in [2.75, 3.05) is 40.9 Å². The number of phosphoric acid groups is 1. The third kappa shape index (κ3) is 41.6. The lowest BCUT2D eigenvalue weighted by Crippen LogP contribution is -2.46. The number of aliphatic hydroxyl groups is 1. The van der Waals surface area contributed by atoms with Crippen LogP contribution in [0, 0.1) is 0 Å². The van der Waals surface area contributed by atoms with Gasteiger partial charge in [-0.2, -0.15) is 0 Å². The number of aliphatic hydroxyl groups excluding tert-OH is 1. The average molecular weight is 818 g/mol. The van der Waals surface area contributed by atoms with Crippen molar-refractivity contribution >= 4 is 13.7 Å². The minimum absolute atomic E-state index is 0.0678. The largest absolute Gasteiger partial charge is 0.472 e. The summed E-state index contributed by atoms with van der Waals surface area (Å²) in [5, 5.41) is 13.7. The van der Waals surface area contributed by atoms with Crippen LogP contribution in [0.3, 0.4) is 0 Å². The number of carbonyl (C=O) groups excluding carboxylic acids is 1. The smallest absolute Gasteiger partial charge is 0.391 e. The van der Waals surface area contributed by atoms with Crippen LogP contribution in [0.1, 0.15) is 162 Å². The summed E-state index contributed by atoms with van der Waals surface area (Å²) in [6.45, 7) is 4.62. The summed E-state index contributed by atoms with van der Waals surface area (Å²) in [7, 11) is 1.59. The van der Waals surface area contributed by atoms with Crippen molar-refractivity contribution in [1.82, 2.24) is 5.32 Å². The fourth-order valence-electron chi connectivity index (χ4n) is 5.85. The summed E-state index contributed by atoms with van der Waals surface area (Å²) in [6.07, 6.45) is 54.0. The molecule has 0 rings (SSSR count). The van der Waals surface area contributed by atoms with Gasteiger partial charge in [0.15, 0.2) is 0 Å². The number of hydrogen-bond donors (Lipinski definition) is 3. The van der Waals surface area contributed by atoms with E-state index in [9.17, 15) is 19.4 Å². The van der Waals surface area contributed by atoms with E-state index in [4.69, 9.17) is 9.05 Å². The van der Waals surface area contributed by atoms with Gasteiger partial charge in [-0.3, -0.25) is 13.8 Å². The molecule has 8 nitrogen and oxygen atoms in total. The highest BCUT2D eigenvalue weighted by Crippen LogP contribution is 2.43. The average Bonchev–Trinajstić information content (AvgIpc) is 3.16. The molecule has 3 atom stereocenters. The normalized spacial score (nSPS) is 15.1. The van der Waals surface area contributed by atoms with Crippen molar-refractivity contribution in [3.05, 3.63) is 85.1 Å². The SMILES string of the molecule is CC/C=C\C/C=C\C/C=C\C/C=C\C/C=C\C/C=C\C/C=C\CCCCCCCCCCCC(=O)NC(COP(=O)(O)OCC[N+](C)(C)C)C(O)CCCCCC. The van der Waals surface area contributed by atoms with Crippen molar-refractivity contribution in [3.63, 3.8) is 0 Å². The molecule has 0 spiro atoms. The van der Waals surface area contributed by atoms with Crippen molar-refractivity contribution in [1.29, 1.82) is 0 Å². The molecule has 0 saturated carbocycles. The van der Waals surface area contributed by atoms with E-state index in [1.54, 1.807) is 0 Å². The Labute approximate surface area is 350 Å².